The van der Waals surface area contributed by atoms with Gasteiger partial charge in [-0.25, -0.2) is 0 Å². The molecule has 0 aliphatic carbocycles. The van der Waals surface area contributed by atoms with Crippen LogP contribution < -0.4 is 5.32 Å². The van der Waals surface area contributed by atoms with E-state index in [0.717, 1.165) is 5.69 Å². The maximum atomic E-state index is 7.55. The van der Waals surface area contributed by atoms with Crippen LogP contribution in [0.2, 0.25) is 0 Å². The van der Waals surface area contributed by atoms with E-state index < -0.39 is 0 Å². The highest BCUT2D eigenvalue weighted by molar-refractivity contribution is 6.39. The summed E-state index contributed by atoms with van der Waals surface area (Å²) in [6.45, 7) is 6.45. The molecule has 0 aliphatic heterocycles. The molecule has 0 radical (unpaired) electrons. The number of ether oxygens (including phenoxy) is 1. The minimum absolute atomic E-state index is 0.0454. The van der Waals surface area contributed by atoms with Gasteiger partial charge in [-0.15, -0.1) is 0 Å². The zero-order valence-corrected chi connectivity index (χ0v) is 10.7. The Kier molecular flexibility index (Phi) is 3.89. The molecule has 4 heteroatoms. The van der Waals surface area contributed by atoms with E-state index in [4.69, 9.17) is 10.8 Å². The van der Waals surface area contributed by atoms with Crippen LogP contribution in [-0.2, 0) is 10.2 Å². The lowest BCUT2D eigenvalue weighted by Gasteiger charge is -2.19. The highest BCUT2D eigenvalue weighted by Crippen LogP contribution is 2.23. The van der Waals surface area contributed by atoms with Gasteiger partial charge in [-0.3, -0.25) is 10.8 Å². The minimum Gasteiger partial charge on any atom is -0.479 e. The maximum Gasteiger partial charge on any atom is 0.249 e. The predicted octanol–water partition coefficient (Wildman–Crippen LogP) is 3.00. The van der Waals surface area contributed by atoms with Crippen LogP contribution in [0.5, 0.6) is 0 Å². The summed E-state index contributed by atoms with van der Waals surface area (Å²) < 4.78 is 4.66. The fourth-order valence-electron chi connectivity index (χ4n) is 1.36. The van der Waals surface area contributed by atoms with E-state index in [2.05, 4.69) is 30.8 Å². The van der Waals surface area contributed by atoms with E-state index in [0.29, 0.717) is 0 Å². The molecule has 0 fully saturated rings. The monoisotopic (exact) mass is 233 g/mol. The lowest BCUT2D eigenvalue weighted by molar-refractivity contribution is 0.407. The summed E-state index contributed by atoms with van der Waals surface area (Å²) in [6.07, 6.45) is 0. The van der Waals surface area contributed by atoms with Crippen LogP contribution >= 0.6 is 0 Å². The lowest BCUT2D eigenvalue weighted by atomic mass is 9.87. The van der Waals surface area contributed by atoms with Crippen molar-refractivity contribution in [1.29, 1.82) is 10.8 Å². The number of benzene rings is 1. The molecule has 0 saturated heterocycles. The van der Waals surface area contributed by atoms with E-state index >= 15 is 0 Å². The quantitative estimate of drug-likeness (QED) is 0.515. The zero-order valence-electron chi connectivity index (χ0n) is 10.7. The first kappa shape index (κ1) is 13.2. The van der Waals surface area contributed by atoms with Crippen molar-refractivity contribution in [2.24, 2.45) is 0 Å². The summed E-state index contributed by atoms with van der Waals surface area (Å²) >= 11 is 0. The standard InChI is InChI=1S/C13H19N3O/c1-13(2,3)9-5-7-10(8-6-9)16-11(14)12(15)17-4/h5-8,15H,1-4H3,(H2,14,16). The van der Waals surface area contributed by atoms with Crippen molar-refractivity contribution < 1.29 is 4.74 Å². The summed E-state index contributed by atoms with van der Waals surface area (Å²) in [5.41, 5.74) is 2.13. The van der Waals surface area contributed by atoms with Gasteiger partial charge in [0.05, 0.1) is 7.11 Å². The number of hydrogen-bond donors (Lipinski definition) is 3. The topological polar surface area (TPSA) is 69.0 Å². The number of anilines is 1. The van der Waals surface area contributed by atoms with Gasteiger partial charge in [0.2, 0.25) is 5.90 Å². The number of methoxy groups -OCH3 is 1. The molecule has 17 heavy (non-hydrogen) atoms. The van der Waals surface area contributed by atoms with Crippen molar-refractivity contribution in [3.05, 3.63) is 29.8 Å². The van der Waals surface area contributed by atoms with Crippen LogP contribution in [0.4, 0.5) is 5.69 Å². The number of rotatable bonds is 1. The molecule has 0 saturated carbocycles. The molecule has 0 unspecified atom stereocenters. The van der Waals surface area contributed by atoms with Crippen LogP contribution in [0.25, 0.3) is 0 Å². The van der Waals surface area contributed by atoms with Gasteiger partial charge in [-0.2, -0.15) is 0 Å². The van der Waals surface area contributed by atoms with E-state index in [9.17, 15) is 0 Å². The molecule has 1 aromatic carbocycles. The van der Waals surface area contributed by atoms with Gasteiger partial charge < -0.3 is 10.1 Å². The third-order valence-corrected chi connectivity index (χ3v) is 2.45. The van der Waals surface area contributed by atoms with Gasteiger partial charge in [-0.1, -0.05) is 32.9 Å². The molecule has 1 rings (SSSR count). The molecule has 4 nitrogen and oxygen atoms in total. The van der Waals surface area contributed by atoms with Crippen LogP contribution in [0.1, 0.15) is 26.3 Å². The van der Waals surface area contributed by atoms with Gasteiger partial charge in [0.25, 0.3) is 0 Å². The third-order valence-electron chi connectivity index (χ3n) is 2.45. The summed E-state index contributed by atoms with van der Waals surface area (Å²) in [5, 5.41) is 17.7. The summed E-state index contributed by atoms with van der Waals surface area (Å²) in [6, 6.07) is 7.84. The zero-order chi connectivity index (χ0) is 13.1. The smallest absolute Gasteiger partial charge is 0.249 e. The van der Waals surface area contributed by atoms with Crippen molar-refractivity contribution >= 4 is 17.4 Å². The second kappa shape index (κ2) is 4.99. The first-order chi connectivity index (χ1) is 7.84. The van der Waals surface area contributed by atoms with Crippen molar-refractivity contribution in [3.63, 3.8) is 0 Å². The molecule has 0 heterocycles. The molecule has 0 spiro atoms. The second-order valence-electron chi connectivity index (χ2n) is 4.86. The van der Waals surface area contributed by atoms with Gasteiger partial charge in [0, 0.05) is 5.69 Å². The van der Waals surface area contributed by atoms with Gasteiger partial charge in [-0.05, 0) is 23.1 Å². The normalized spacial score (nSPS) is 10.8. The van der Waals surface area contributed by atoms with E-state index in [1.807, 2.05) is 24.3 Å². The first-order valence-corrected chi connectivity index (χ1v) is 5.43. The Morgan fingerprint density at radius 1 is 1.12 bits per heavy atom. The lowest BCUT2D eigenvalue weighted by Crippen LogP contribution is -2.22. The second-order valence-corrected chi connectivity index (χ2v) is 4.86. The number of hydrogen-bond acceptors (Lipinski definition) is 3. The molecule has 0 aliphatic rings. The Morgan fingerprint density at radius 3 is 2.06 bits per heavy atom. The van der Waals surface area contributed by atoms with Crippen molar-refractivity contribution in [1.82, 2.24) is 0 Å². The van der Waals surface area contributed by atoms with Gasteiger partial charge in [0.15, 0.2) is 5.84 Å². The Bertz CT molecular complexity index is 415. The van der Waals surface area contributed by atoms with Crippen LogP contribution in [0, 0.1) is 10.8 Å². The fourth-order valence-corrected chi connectivity index (χ4v) is 1.36. The number of nitrogens with one attached hydrogen (secondary N) is 3. The van der Waals surface area contributed by atoms with Crippen LogP contribution in [-0.4, -0.2) is 18.8 Å². The molecule has 0 bridgehead atoms. The molecular formula is C13H19N3O. The van der Waals surface area contributed by atoms with E-state index in [1.165, 1.54) is 12.7 Å². The summed E-state index contributed by atoms with van der Waals surface area (Å²) in [5.74, 6) is -0.221. The molecule has 0 atom stereocenters. The Hall–Kier alpha value is -1.84. The SMILES string of the molecule is COC(=N)C(=N)Nc1ccc(C(C)(C)C)cc1. The number of amidine groups is 1. The Labute approximate surface area is 102 Å². The van der Waals surface area contributed by atoms with Gasteiger partial charge >= 0.3 is 0 Å². The minimum atomic E-state index is -0.176. The average molecular weight is 233 g/mol. The largest absolute Gasteiger partial charge is 0.479 e. The molecular weight excluding hydrogens is 214 g/mol. The van der Waals surface area contributed by atoms with Gasteiger partial charge in [0.1, 0.15) is 0 Å². The Balaban J connectivity index is 2.76. The third kappa shape index (κ3) is 3.59. The molecule has 0 aromatic heterocycles. The predicted molar refractivity (Wildman–Crippen MR) is 71.2 cm³/mol. The Morgan fingerprint density at radius 2 is 1.65 bits per heavy atom. The van der Waals surface area contributed by atoms with E-state index in [1.54, 1.807) is 0 Å². The first-order valence-electron chi connectivity index (χ1n) is 5.43. The van der Waals surface area contributed by atoms with Crippen LogP contribution in [0.15, 0.2) is 24.3 Å². The molecule has 0 amide bonds. The molecule has 3 N–H and O–H groups in total. The highest BCUT2D eigenvalue weighted by atomic mass is 16.5. The van der Waals surface area contributed by atoms with Crippen molar-refractivity contribution in [2.75, 3.05) is 12.4 Å². The summed E-state index contributed by atoms with van der Waals surface area (Å²) in [7, 11) is 1.38. The molecule has 1 aromatic rings. The summed E-state index contributed by atoms with van der Waals surface area (Å²) in [4.78, 5) is 0. The van der Waals surface area contributed by atoms with Crippen molar-refractivity contribution in [3.8, 4) is 0 Å². The molecule has 92 valence electrons. The average Bonchev–Trinajstić information content (AvgIpc) is 2.27. The van der Waals surface area contributed by atoms with Crippen LogP contribution in [0.3, 0.4) is 0 Å². The van der Waals surface area contributed by atoms with E-state index in [-0.39, 0.29) is 17.1 Å². The van der Waals surface area contributed by atoms with Crippen molar-refractivity contribution in [2.45, 2.75) is 26.2 Å². The highest BCUT2D eigenvalue weighted by Gasteiger charge is 2.13. The maximum absolute atomic E-state index is 7.55. The fraction of sp³-hybridized carbons (Fsp3) is 0.385.